The molecule has 0 unspecified atom stereocenters. The Hall–Kier alpha value is -3.06. The number of carbonyl (C=O) groups is 1. The molecule has 0 fully saturated rings. The molecule has 0 radical (unpaired) electrons. The number of para-hydroxylation sites is 1. The van der Waals surface area contributed by atoms with Crippen molar-refractivity contribution in [2.24, 2.45) is 0 Å². The number of benzene rings is 2. The Kier molecular flexibility index (Phi) is 4.39. The molecular weight excluding hydrogens is 374 g/mol. The molecule has 2 aliphatic rings. The van der Waals surface area contributed by atoms with Crippen molar-refractivity contribution < 1.29 is 13.6 Å². The zero-order valence-electron chi connectivity index (χ0n) is 15.8. The second kappa shape index (κ2) is 7.08. The van der Waals surface area contributed by atoms with Crippen molar-refractivity contribution in [3.8, 4) is 5.69 Å². The lowest BCUT2D eigenvalue weighted by molar-refractivity contribution is 0.102. The Balaban J connectivity index is 1.50. The molecule has 7 heteroatoms. The van der Waals surface area contributed by atoms with E-state index in [1.165, 1.54) is 10.7 Å². The van der Waals surface area contributed by atoms with Crippen molar-refractivity contribution >= 4 is 11.6 Å². The van der Waals surface area contributed by atoms with Crippen LogP contribution in [0.2, 0.25) is 0 Å². The van der Waals surface area contributed by atoms with Gasteiger partial charge in [0, 0.05) is 17.8 Å². The largest absolute Gasteiger partial charge is 0.318 e. The lowest BCUT2D eigenvalue weighted by Gasteiger charge is -2.19. The molecular formula is C22H20F2N4O. The van der Waals surface area contributed by atoms with E-state index >= 15 is 0 Å². The van der Waals surface area contributed by atoms with Gasteiger partial charge >= 0.3 is 0 Å². The average Bonchev–Trinajstić information content (AvgIpc) is 3.34. The number of hydrogen-bond acceptors (Lipinski definition) is 3. The van der Waals surface area contributed by atoms with E-state index in [9.17, 15) is 13.6 Å². The van der Waals surface area contributed by atoms with Gasteiger partial charge in [0.05, 0.1) is 5.69 Å². The number of carbonyl (C=O) groups excluding carboxylic acids is 1. The van der Waals surface area contributed by atoms with E-state index in [-0.39, 0.29) is 17.2 Å². The fraction of sp³-hybridized carbons (Fsp3) is 0.273. The van der Waals surface area contributed by atoms with Gasteiger partial charge < -0.3 is 10.6 Å². The molecule has 2 heterocycles. The van der Waals surface area contributed by atoms with E-state index in [1.54, 1.807) is 24.3 Å². The first kappa shape index (κ1) is 18.0. The smallest absolute Gasteiger partial charge is 0.276 e. The van der Waals surface area contributed by atoms with Crippen molar-refractivity contribution in [3.05, 3.63) is 76.1 Å². The second-order valence-electron chi connectivity index (χ2n) is 7.44. The summed E-state index contributed by atoms with van der Waals surface area (Å²) in [7, 11) is 0. The van der Waals surface area contributed by atoms with Crippen LogP contribution in [0.1, 0.15) is 39.3 Å². The third kappa shape index (κ3) is 3.02. The van der Waals surface area contributed by atoms with Gasteiger partial charge in [0.2, 0.25) is 0 Å². The fourth-order valence-electron chi connectivity index (χ4n) is 4.25. The van der Waals surface area contributed by atoms with Crippen LogP contribution in [0, 0.1) is 11.6 Å². The van der Waals surface area contributed by atoms with E-state index in [1.807, 2.05) is 6.07 Å². The standard InChI is InChI=1S/C22H20F2N4O/c23-16-5-1-2-6-19(16)28-18-7-3-4-15(18)21(27-28)22(29)26-17-9-8-13-12-25-11-10-14(13)20(17)24/h1-2,5-6,8-9,25H,3-4,7,10-12H2,(H,26,29). The van der Waals surface area contributed by atoms with Gasteiger partial charge in [0.1, 0.15) is 17.3 Å². The number of rotatable bonds is 3. The van der Waals surface area contributed by atoms with Crippen LogP contribution in [-0.4, -0.2) is 22.2 Å². The molecule has 1 aromatic heterocycles. The zero-order valence-corrected chi connectivity index (χ0v) is 15.8. The molecule has 0 saturated heterocycles. The summed E-state index contributed by atoms with van der Waals surface area (Å²) >= 11 is 0. The van der Waals surface area contributed by atoms with Gasteiger partial charge in [-0.1, -0.05) is 18.2 Å². The summed E-state index contributed by atoms with van der Waals surface area (Å²) in [5.74, 6) is -1.25. The summed E-state index contributed by atoms with van der Waals surface area (Å²) in [6.45, 7) is 1.34. The summed E-state index contributed by atoms with van der Waals surface area (Å²) in [6, 6.07) is 9.79. The Bertz CT molecular complexity index is 1120. The Labute approximate surface area is 166 Å². The topological polar surface area (TPSA) is 59.0 Å². The summed E-state index contributed by atoms with van der Waals surface area (Å²) in [5.41, 5.74) is 3.92. The first-order valence-corrected chi connectivity index (χ1v) is 9.81. The van der Waals surface area contributed by atoms with Gasteiger partial charge in [0.15, 0.2) is 5.69 Å². The van der Waals surface area contributed by atoms with Crippen LogP contribution in [0.25, 0.3) is 5.69 Å². The summed E-state index contributed by atoms with van der Waals surface area (Å²) in [4.78, 5) is 13.0. The molecule has 148 valence electrons. The third-order valence-electron chi connectivity index (χ3n) is 5.68. The molecule has 5 rings (SSSR count). The highest BCUT2D eigenvalue weighted by Crippen LogP contribution is 2.30. The number of halogens is 2. The molecule has 0 bridgehead atoms. The van der Waals surface area contributed by atoms with Gasteiger partial charge in [-0.25, -0.2) is 13.5 Å². The summed E-state index contributed by atoms with van der Waals surface area (Å²) < 4.78 is 30.7. The maximum absolute atomic E-state index is 14.9. The summed E-state index contributed by atoms with van der Waals surface area (Å²) in [6.07, 6.45) is 2.89. The molecule has 2 N–H and O–H groups in total. The second-order valence-corrected chi connectivity index (χ2v) is 7.44. The number of amides is 1. The number of fused-ring (bicyclic) bond motifs is 2. The molecule has 3 aromatic rings. The molecule has 0 atom stereocenters. The highest BCUT2D eigenvalue weighted by molar-refractivity contribution is 6.04. The quantitative estimate of drug-likeness (QED) is 0.715. The van der Waals surface area contributed by atoms with Gasteiger partial charge in [0.25, 0.3) is 5.91 Å². The molecule has 29 heavy (non-hydrogen) atoms. The van der Waals surface area contributed by atoms with Crippen LogP contribution in [0.5, 0.6) is 0 Å². The van der Waals surface area contributed by atoms with E-state index in [0.29, 0.717) is 37.2 Å². The molecule has 2 aromatic carbocycles. The normalized spacial score (nSPS) is 15.1. The van der Waals surface area contributed by atoms with Gasteiger partial charge in [-0.15, -0.1) is 0 Å². The van der Waals surface area contributed by atoms with Crippen LogP contribution in [-0.2, 0) is 25.8 Å². The van der Waals surface area contributed by atoms with Gasteiger partial charge in [-0.3, -0.25) is 4.79 Å². The monoisotopic (exact) mass is 394 g/mol. The van der Waals surface area contributed by atoms with E-state index in [4.69, 9.17) is 0 Å². The maximum atomic E-state index is 14.9. The molecule has 1 aliphatic heterocycles. The van der Waals surface area contributed by atoms with Crippen molar-refractivity contribution in [1.82, 2.24) is 15.1 Å². The number of aromatic nitrogens is 2. The van der Waals surface area contributed by atoms with Crippen LogP contribution < -0.4 is 10.6 Å². The van der Waals surface area contributed by atoms with Crippen LogP contribution >= 0.6 is 0 Å². The highest BCUT2D eigenvalue weighted by atomic mass is 19.1. The zero-order chi connectivity index (χ0) is 20.0. The molecule has 5 nitrogen and oxygen atoms in total. The number of anilines is 1. The number of hydrogen-bond donors (Lipinski definition) is 2. The van der Waals surface area contributed by atoms with Crippen LogP contribution in [0.4, 0.5) is 14.5 Å². The van der Waals surface area contributed by atoms with Crippen LogP contribution in [0.3, 0.4) is 0 Å². The fourth-order valence-corrected chi connectivity index (χ4v) is 4.25. The lowest BCUT2D eigenvalue weighted by Crippen LogP contribution is -2.25. The average molecular weight is 394 g/mol. The minimum atomic E-state index is -0.467. The maximum Gasteiger partial charge on any atom is 0.276 e. The van der Waals surface area contributed by atoms with Gasteiger partial charge in [-0.2, -0.15) is 5.10 Å². The highest BCUT2D eigenvalue weighted by Gasteiger charge is 2.28. The Morgan fingerprint density at radius 2 is 1.93 bits per heavy atom. The van der Waals surface area contributed by atoms with Crippen molar-refractivity contribution in [2.45, 2.75) is 32.2 Å². The minimum absolute atomic E-state index is 0.155. The van der Waals surface area contributed by atoms with Gasteiger partial charge in [-0.05, 0) is 61.6 Å². The lowest BCUT2D eigenvalue weighted by atomic mass is 9.99. The summed E-state index contributed by atoms with van der Waals surface area (Å²) in [5, 5.41) is 10.3. The predicted octanol–water partition coefficient (Wildman–Crippen LogP) is 3.54. The SMILES string of the molecule is O=C(Nc1ccc2c(c1F)CCNC2)c1nn(-c2ccccc2F)c2c1CCC2. The Morgan fingerprint density at radius 1 is 1.07 bits per heavy atom. The third-order valence-corrected chi connectivity index (χ3v) is 5.68. The minimum Gasteiger partial charge on any atom is -0.318 e. The van der Waals surface area contributed by atoms with E-state index < -0.39 is 11.7 Å². The van der Waals surface area contributed by atoms with Crippen molar-refractivity contribution in [3.63, 3.8) is 0 Å². The Morgan fingerprint density at radius 3 is 2.79 bits per heavy atom. The number of nitrogens with one attached hydrogen (secondary N) is 2. The molecule has 0 saturated carbocycles. The first-order valence-electron chi connectivity index (χ1n) is 9.81. The number of nitrogens with zero attached hydrogens (tertiary/aromatic N) is 2. The molecule has 0 spiro atoms. The van der Waals surface area contributed by atoms with Crippen LogP contribution in [0.15, 0.2) is 36.4 Å². The van der Waals surface area contributed by atoms with E-state index in [0.717, 1.165) is 29.7 Å². The van der Waals surface area contributed by atoms with Crippen molar-refractivity contribution in [2.75, 3.05) is 11.9 Å². The predicted molar refractivity (Wildman–Crippen MR) is 105 cm³/mol. The first-order chi connectivity index (χ1) is 14.1. The van der Waals surface area contributed by atoms with E-state index in [2.05, 4.69) is 15.7 Å². The molecule has 1 amide bonds. The molecule has 1 aliphatic carbocycles. The van der Waals surface area contributed by atoms with Crippen molar-refractivity contribution in [1.29, 1.82) is 0 Å².